The Morgan fingerprint density at radius 2 is 1.71 bits per heavy atom. The second-order valence-electron chi connectivity index (χ2n) is 5.91. The number of piperazine rings is 1. The average molecular weight is 331 g/mol. The number of rotatable bonds is 3. The van der Waals surface area contributed by atoms with Gasteiger partial charge in [0.1, 0.15) is 11.6 Å². The third kappa shape index (κ3) is 3.89. The van der Waals surface area contributed by atoms with Gasteiger partial charge in [-0.25, -0.2) is 8.78 Å². The van der Waals surface area contributed by atoms with Crippen LogP contribution in [-0.4, -0.2) is 32.1 Å². The van der Waals surface area contributed by atoms with Crippen LogP contribution in [0.25, 0.3) is 0 Å². The topological polar surface area (TPSA) is 44.4 Å². The number of nitrogens with one attached hydrogen (secondary N) is 2. The quantitative estimate of drug-likeness (QED) is 0.909. The Bertz CT molecular complexity index is 738. The highest BCUT2D eigenvalue weighted by molar-refractivity contribution is 6.05. The zero-order chi connectivity index (χ0) is 17.1. The van der Waals surface area contributed by atoms with Crippen LogP contribution in [0.15, 0.2) is 36.4 Å². The fourth-order valence-corrected chi connectivity index (χ4v) is 2.83. The van der Waals surface area contributed by atoms with Crippen molar-refractivity contribution in [2.24, 2.45) is 0 Å². The monoisotopic (exact) mass is 331 g/mol. The van der Waals surface area contributed by atoms with E-state index in [2.05, 4.69) is 15.5 Å². The molecule has 0 atom stereocenters. The van der Waals surface area contributed by atoms with Crippen molar-refractivity contribution >= 4 is 17.3 Å². The van der Waals surface area contributed by atoms with Crippen LogP contribution >= 0.6 is 0 Å². The minimum atomic E-state index is -0.726. The number of benzene rings is 2. The smallest absolute Gasteiger partial charge is 0.255 e. The number of hydrogen-bond acceptors (Lipinski definition) is 3. The molecule has 24 heavy (non-hydrogen) atoms. The molecule has 3 rings (SSSR count). The van der Waals surface area contributed by atoms with Gasteiger partial charge in [0.25, 0.3) is 5.91 Å². The van der Waals surface area contributed by atoms with Crippen LogP contribution in [0.1, 0.15) is 15.9 Å². The maximum absolute atomic E-state index is 13.2. The predicted molar refractivity (Wildman–Crippen MR) is 90.6 cm³/mol. The van der Waals surface area contributed by atoms with E-state index in [4.69, 9.17) is 0 Å². The van der Waals surface area contributed by atoms with Crippen LogP contribution in [0, 0.1) is 18.6 Å². The van der Waals surface area contributed by atoms with Crippen molar-refractivity contribution in [2.45, 2.75) is 6.92 Å². The number of carbonyl (C=O) groups is 1. The van der Waals surface area contributed by atoms with Crippen LogP contribution in [0.3, 0.4) is 0 Å². The summed E-state index contributed by atoms with van der Waals surface area (Å²) < 4.78 is 26.5. The molecule has 0 unspecified atom stereocenters. The van der Waals surface area contributed by atoms with E-state index in [0.717, 1.165) is 55.6 Å². The van der Waals surface area contributed by atoms with Crippen molar-refractivity contribution < 1.29 is 13.6 Å². The Hall–Kier alpha value is -2.47. The molecule has 0 radical (unpaired) electrons. The van der Waals surface area contributed by atoms with Gasteiger partial charge in [0.05, 0.1) is 0 Å². The summed E-state index contributed by atoms with van der Waals surface area (Å²) in [4.78, 5) is 14.6. The van der Waals surface area contributed by atoms with Crippen molar-refractivity contribution in [3.63, 3.8) is 0 Å². The molecule has 0 bridgehead atoms. The molecule has 126 valence electrons. The van der Waals surface area contributed by atoms with Crippen LogP contribution in [0.4, 0.5) is 20.2 Å². The second-order valence-corrected chi connectivity index (χ2v) is 5.91. The lowest BCUT2D eigenvalue weighted by Gasteiger charge is -2.30. The Kier molecular flexibility index (Phi) is 4.76. The highest BCUT2D eigenvalue weighted by Crippen LogP contribution is 2.21. The van der Waals surface area contributed by atoms with Gasteiger partial charge in [-0.15, -0.1) is 0 Å². The van der Waals surface area contributed by atoms with Gasteiger partial charge in [0.2, 0.25) is 0 Å². The molecular formula is C18H19F2N3O. The normalized spacial score (nSPS) is 14.5. The van der Waals surface area contributed by atoms with Crippen LogP contribution in [0.5, 0.6) is 0 Å². The summed E-state index contributed by atoms with van der Waals surface area (Å²) in [6, 6.07) is 8.55. The first-order chi connectivity index (χ1) is 11.5. The molecule has 6 heteroatoms. The highest BCUT2D eigenvalue weighted by Gasteiger charge is 2.14. The zero-order valence-corrected chi connectivity index (χ0v) is 13.4. The van der Waals surface area contributed by atoms with Gasteiger partial charge in [-0.3, -0.25) is 4.79 Å². The summed E-state index contributed by atoms with van der Waals surface area (Å²) in [7, 11) is 0. The van der Waals surface area contributed by atoms with Crippen molar-refractivity contribution in [3.05, 3.63) is 59.2 Å². The lowest BCUT2D eigenvalue weighted by molar-refractivity contribution is 0.102. The summed E-state index contributed by atoms with van der Waals surface area (Å²) in [6.07, 6.45) is 0. The van der Waals surface area contributed by atoms with E-state index >= 15 is 0 Å². The molecule has 0 spiro atoms. The molecule has 1 saturated heterocycles. The largest absolute Gasteiger partial charge is 0.369 e. The predicted octanol–water partition coefficient (Wildman–Crippen LogP) is 2.94. The van der Waals surface area contributed by atoms with E-state index in [1.807, 2.05) is 19.1 Å². The Morgan fingerprint density at radius 3 is 2.38 bits per heavy atom. The first kappa shape index (κ1) is 16.4. The van der Waals surface area contributed by atoms with Gasteiger partial charge in [-0.2, -0.15) is 0 Å². The van der Waals surface area contributed by atoms with Gasteiger partial charge in [-0.05, 0) is 42.8 Å². The third-order valence-electron chi connectivity index (χ3n) is 3.93. The number of nitrogens with zero attached hydrogens (tertiary/aromatic N) is 1. The number of hydrogen-bond donors (Lipinski definition) is 2. The van der Waals surface area contributed by atoms with Crippen molar-refractivity contribution in [1.29, 1.82) is 0 Å². The molecular weight excluding hydrogens is 312 g/mol. The van der Waals surface area contributed by atoms with E-state index in [1.165, 1.54) is 0 Å². The molecule has 1 aliphatic heterocycles. The Balaban J connectivity index is 1.82. The fourth-order valence-electron chi connectivity index (χ4n) is 2.83. The first-order valence-corrected chi connectivity index (χ1v) is 7.86. The molecule has 0 saturated carbocycles. The SMILES string of the molecule is Cc1cc(C(=O)Nc2cc(F)cc(F)c2)cc(N2CCNCC2)c1. The molecule has 4 nitrogen and oxygen atoms in total. The van der Waals surface area contributed by atoms with Crippen LogP contribution in [0.2, 0.25) is 0 Å². The van der Waals surface area contributed by atoms with Crippen molar-refractivity contribution in [2.75, 3.05) is 36.4 Å². The van der Waals surface area contributed by atoms with Gasteiger partial charge < -0.3 is 15.5 Å². The molecule has 1 amide bonds. The average Bonchev–Trinajstić information content (AvgIpc) is 2.54. The van der Waals surface area contributed by atoms with E-state index in [0.29, 0.717) is 5.56 Å². The summed E-state index contributed by atoms with van der Waals surface area (Å²) >= 11 is 0. The van der Waals surface area contributed by atoms with E-state index in [-0.39, 0.29) is 11.6 Å². The summed E-state index contributed by atoms with van der Waals surface area (Å²) in [5, 5.41) is 5.84. The van der Waals surface area contributed by atoms with E-state index in [9.17, 15) is 13.6 Å². The lowest BCUT2D eigenvalue weighted by Crippen LogP contribution is -2.43. The van der Waals surface area contributed by atoms with Gasteiger partial charge >= 0.3 is 0 Å². The summed E-state index contributed by atoms with van der Waals surface area (Å²) in [5.74, 6) is -1.84. The molecule has 2 N–H and O–H groups in total. The van der Waals surface area contributed by atoms with Crippen LogP contribution in [-0.2, 0) is 0 Å². The second kappa shape index (κ2) is 6.97. The third-order valence-corrected chi connectivity index (χ3v) is 3.93. The fraction of sp³-hybridized carbons (Fsp3) is 0.278. The number of halogens is 2. The standard InChI is InChI=1S/C18H19F2N3O/c1-12-6-13(8-17(7-12)23-4-2-21-3-5-23)18(24)22-16-10-14(19)9-15(20)11-16/h6-11,21H,2-5H2,1H3,(H,22,24). The molecule has 1 aliphatic rings. The minimum absolute atomic E-state index is 0.0997. The van der Waals surface area contributed by atoms with Crippen LogP contribution < -0.4 is 15.5 Å². The minimum Gasteiger partial charge on any atom is -0.369 e. The lowest BCUT2D eigenvalue weighted by atomic mass is 10.1. The van der Waals surface area contributed by atoms with Crippen molar-refractivity contribution in [1.82, 2.24) is 5.32 Å². The highest BCUT2D eigenvalue weighted by atomic mass is 19.1. The summed E-state index contributed by atoms with van der Waals surface area (Å²) in [6.45, 7) is 5.47. The Morgan fingerprint density at radius 1 is 1.04 bits per heavy atom. The van der Waals surface area contributed by atoms with Gasteiger partial charge in [0, 0.05) is 49.2 Å². The molecule has 1 heterocycles. The number of aryl methyl sites for hydroxylation is 1. The van der Waals surface area contributed by atoms with Gasteiger partial charge in [-0.1, -0.05) is 0 Å². The molecule has 1 fully saturated rings. The maximum atomic E-state index is 13.2. The van der Waals surface area contributed by atoms with Crippen molar-refractivity contribution in [3.8, 4) is 0 Å². The maximum Gasteiger partial charge on any atom is 0.255 e. The number of amides is 1. The Labute approximate surface area is 139 Å². The number of carbonyl (C=O) groups excluding carboxylic acids is 1. The van der Waals surface area contributed by atoms with E-state index in [1.54, 1.807) is 6.07 Å². The molecule has 2 aromatic carbocycles. The number of anilines is 2. The molecule has 2 aromatic rings. The first-order valence-electron chi connectivity index (χ1n) is 7.86. The van der Waals surface area contributed by atoms with E-state index < -0.39 is 11.6 Å². The summed E-state index contributed by atoms with van der Waals surface area (Å²) in [5.41, 5.74) is 2.50. The zero-order valence-electron chi connectivity index (χ0n) is 13.4. The molecule has 0 aliphatic carbocycles. The van der Waals surface area contributed by atoms with Gasteiger partial charge in [0.15, 0.2) is 0 Å². The molecule has 0 aromatic heterocycles.